The molecule has 1 amide bonds. The Kier molecular flexibility index (Phi) is 4.36. The minimum atomic E-state index is -0.949. The molecular formula is C16H23ClN4O2. The number of hydrogen-bond donors (Lipinski definition) is 2. The van der Waals surface area contributed by atoms with Gasteiger partial charge in [0.05, 0.1) is 0 Å². The summed E-state index contributed by atoms with van der Waals surface area (Å²) in [6.45, 7) is 5.85. The SMILES string of the molecule is CC(C)(CC1[C@@H]2CC[C@H]1CN(c1cc(Cl)ncn1)C2)NC(=O)O. The quantitative estimate of drug-likeness (QED) is 0.825. The Morgan fingerprint density at radius 2 is 2.04 bits per heavy atom. The van der Waals surface area contributed by atoms with Crippen LogP contribution in [0.5, 0.6) is 0 Å². The van der Waals surface area contributed by atoms with E-state index >= 15 is 0 Å². The molecule has 126 valence electrons. The first-order valence-corrected chi connectivity index (χ1v) is 8.45. The zero-order chi connectivity index (χ0) is 16.6. The molecule has 6 nitrogen and oxygen atoms in total. The molecule has 1 aliphatic carbocycles. The lowest BCUT2D eigenvalue weighted by atomic mass is 9.77. The summed E-state index contributed by atoms with van der Waals surface area (Å²) in [7, 11) is 0. The molecule has 7 heteroatoms. The second kappa shape index (κ2) is 6.15. The van der Waals surface area contributed by atoms with Gasteiger partial charge in [-0.25, -0.2) is 14.8 Å². The Bertz CT molecular complexity index is 581. The number of carboxylic acid groups (broad SMARTS) is 1. The number of nitrogens with zero attached hydrogens (tertiary/aromatic N) is 3. The lowest BCUT2D eigenvalue weighted by Crippen LogP contribution is -2.49. The maximum absolute atomic E-state index is 11.0. The topological polar surface area (TPSA) is 78.4 Å². The van der Waals surface area contributed by atoms with Crippen molar-refractivity contribution in [3.63, 3.8) is 0 Å². The fourth-order valence-corrected chi connectivity index (χ4v) is 4.42. The Balaban J connectivity index is 1.69. The minimum Gasteiger partial charge on any atom is -0.465 e. The fraction of sp³-hybridized carbons (Fsp3) is 0.688. The van der Waals surface area contributed by atoms with Crippen molar-refractivity contribution in [3.8, 4) is 0 Å². The number of carbonyl (C=O) groups is 1. The number of piperidine rings is 1. The summed E-state index contributed by atoms with van der Waals surface area (Å²) in [4.78, 5) is 21.5. The van der Waals surface area contributed by atoms with E-state index < -0.39 is 11.6 Å². The van der Waals surface area contributed by atoms with Crippen LogP contribution in [0.3, 0.4) is 0 Å². The number of halogens is 1. The third-order valence-corrected chi connectivity index (χ3v) is 5.37. The molecule has 2 fully saturated rings. The van der Waals surface area contributed by atoms with Crippen LogP contribution in [0.4, 0.5) is 10.6 Å². The summed E-state index contributed by atoms with van der Waals surface area (Å²) >= 11 is 5.98. The highest BCUT2D eigenvalue weighted by Crippen LogP contribution is 2.46. The van der Waals surface area contributed by atoms with E-state index in [-0.39, 0.29) is 0 Å². The smallest absolute Gasteiger partial charge is 0.405 e. The summed E-state index contributed by atoms with van der Waals surface area (Å²) in [6, 6.07) is 1.82. The van der Waals surface area contributed by atoms with Gasteiger partial charge in [-0.3, -0.25) is 0 Å². The molecule has 0 aromatic carbocycles. The van der Waals surface area contributed by atoms with Crippen LogP contribution in [0.15, 0.2) is 12.4 Å². The molecule has 3 atom stereocenters. The zero-order valence-corrected chi connectivity index (χ0v) is 14.3. The predicted octanol–water partition coefficient (Wildman–Crippen LogP) is 3.03. The third-order valence-electron chi connectivity index (χ3n) is 5.16. The van der Waals surface area contributed by atoms with Crippen LogP contribution in [-0.2, 0) is 0 Å². The molecule has 2 heterocycles. The van der Waals surface area contributed by atoms with E-state index in [0.717, 1.165) is 25.3 Å². The highest BCUT2D eigenvalue weighted by Gasteiger charge is 2.44. The molecule has 2 N–H and O–H groups in total. The van der Waals surface area contributed by atoms with Gasteiger partial charge >= 0.3 is 6.09 Å². The van der Waals surface area contributed by atoms with Gasteiger partial charge in [-0.1, -0.05) is 11.6 Å². The van der Waals surface area contributed by atoms with Gasteiger partial charge in [-0.15, -0.1) is 0 Å². The molecular weight excluding hydrogens is 316 g/mol. The van der Waals surface area contributed by atoms with Crippen LogP contribution in [0.2, 0.25) is 5.15 Å². The molecule has 0 spiro atoms. The maximum atomic E-state index is 11.0. The van der Waals surface area contributed by atoms with Gasteiger partial charge in [-0.2, -0.15) is 0 Å². The molecule has 1 aromatic heterocycles. The van der Waals surface area contributed by atoms with Gasteiger partial charge in [0.1, 0.15) is 17.3 Å². The van der Waals surface area contributed by atoms with Crippen molar-refractivity contribution in [2.75, 3.05) is 18.0 Å². The lowest BCUT2D eigenvalue weighted by molar-refractivity contribution is 0.160. The minimum absolute atomic E-state index is 0.391. The van der Waals surface area contributed by atoms with Crippen LogP contribution < -0.4 is 10.2 Å². The molecule has 23 heavy (non-hydrogen) atoms. The summed E-state index contributed by atoms with van der Waals surface area (Å²) in [5, 5.41) is 12.1. The fourth-order valence-electron chi connectivity index (χ4n) is 4.28. The van der Waals surface area contributed by atoms with Gasteiger partial charge < -0.3 is 15.3 Å². The molecule has 3 rings (SSSR count). The number of amides is 1. The molecule has 1 aliphatic heterocycles. The summed E-state index contributed by atoms with van der Waals surface area (Å²) in [5.74, 6) is 2.61. The predicted molar refractivity (Wildman–Crippen MR) is 88.8 cm³/mol. The molecule has 0 radical (unpaired) electrons. The van der Waals surface area contributed by atoms with Crippen molar-refractivity contribution < 1.29 is 9.90 Å². The largest absolute Gasteiger partial charge is 0.465 e. The maximum Gasteiger partial charge on any atom is 0.405 e. The van der Waals surface area contributed by atoms with E-state index in [0.29, 0.717) is 22.9 Å². The lowest BCUT2D eigenvalue weighted by Gasteiger charge is -2.41. The van der Waals surface area contributed by atoms with E-state index in [1.807, 2.05) is 19.9 Å². The van der Waals surface area contributed by atoms with E-state index in [9.17, 15) is 4.79 Å². The van der Waals surface area contributed by atoms with Crippen molar-refractivity contribution >= 4 is 23.5 Å². The molecule has 2 bridgehead atoms. The van der Waals surface area contributed by atoms with Gasteiger partial charge in [-0.05, 0) is 50.9 Å². The van der Waals surface area contributed by atoms with Gasteiger partial charge in [0, 0.05) is 24.7 Å². The van der Waals surface area contributed by atoms with Crippen molar-refractivity contribution in [2.45, 2.75) is 38.6 Å². The highest BCUT2D eigenvalue weighted by atomic mass is 35.5. The second-order valence-corrected chi connectivity index (χ2v) is 7.77. The van der Waals surface area contributed by atoms with E-state index in [4.69, 9.17) is 16.7 Å². The number of nitrogens with one attached hydrogen (secondary N) is 1. The number of aromatic nitrogens is 2. The second-order valence-electron chi connectivity index (χ2n) is 7.38. The molecule has 2 aliphatic rings. The van der Waals surface area contributed by atoms with Crippen LogP contribution in [0.25, 0.3) is 0 Å². The van der Waals surface area contributed by atoms with Gasteiger partial charge in [0.15, 0.2) is 0 Å². The first-order valence-electron chi connectivity index (χ1n) is 8.08. The molecule has 1 saturated heterocycles. The first-order chi connectivity index (χ1) is 10.8. The number of fused-ring (bicyclic) bond motifs is 2. The number of rotatable bonds is 4. The molecule has 1 aromatic rings. The Morgan fingerprint density at radius 3 is 2.61 bits per heavy atom. The highest BCUT2D eigenvalue weighted by molar-refractivity contribution is 6.29. The summed E-state index contributed by atoms with van der Waals surface area (Å²) in [5.41, 5.74) is -0.391. The van der Waals surface area contributed by atoms with Crippen molar-refractivity contribution in [2.24, 2.45) is 17.8 Å². The molecule has 1 saturated carbocycles. The number of hydrogen-bond acceptors (Lipinski definition) is 4. The van der Waals surface area contributed by atoms with Crippen LogP contribution in [0.1, 0.15) is 33.1 Å². The van der Waals surface area contributed by atoms with Crippen LogP contribution in [0, 0.1) is 17.8 Å². The summed E-state index contributed by atoms with van der Waals surface area (Å²) < 4.78 is 0. The summed E-state index contributed by atoms with van der Waals surface area (Å²) in [6.07, 6.45) is 3.84. The average molecular weight is 339 g/mol. The monoisotopic (exact) mass is 338 g/mol. The van der Waals surface area contributed by atoms with Crippen LogP contribution in [-0.4, -0.2) is 39.8 Å². The van der Waals surface area contributed by atoms with E-state index in [1.54, 1.807) is 0 Å². The van der Waals surface area contributed by atoms with E-state index in [1.165, 1.54) is 19.2 Å². The Labute approximate surface area is 141 Å². The van der Waals surface area contributed by atoms with Crippen molar-refractivity contribution in [1.29, 1.82) is 0 Å². The standard InChI is InChI=1S/C16H23ClN4O2/c1-16(2,20-15(22)23)6-12-10-3-4-11(12)8-21(7-10)14-5-13(17)18-9-19-14/h5,9-12,20H,3-4,6-8H2,1-2H3,(H,22,23)/t10-,11+,12?. The van der Waals surface area contributed by atoms with Crippen LogP contribution >= 0.6 is 11.6 Å². The van der Waals surface area contributed by atoms with Gasteiger partial charge in [0.2, 0.25) is 0 Å². The Morgan fingerprint density at radius 1 is 1.39 bits per heavy atom. The Hall–Kier alpha value is -1.56. The zero-order valence-electron chi connectivity index (χ0n) is 13.5. The average Bonchev–Trinajstić information content (AvgIpc) is 2.68. The van der Waals surface area contributed by atoms with Crippen molar-refractivity contribution in [1.82, 2.24) is 15.3 Å². The van der Waals surface area contributed by atoms with E-state index in [2.05, 4.69) is 20.2 Å². The normalized spacial score (nSPS) is 27.1. The third kappa shape index (κ3) is 3.68. The number of anilines is 1. The molecule has 1 unspecified atom stereocenters. The van der Waals surface area contributed by atoms with Crippen molar-refractivity contribution in [3.05, 3.63) is 17.5 Å². The van der Waals surface area contributed by atoms with Gasteiger partial charge in [0.25, 0.3) is 0 Å². The first kappa shape index (κ1) is 16.3.